The highest BCUT2D eigenvalue weighted by atomic mass is 16.5. The van der Waals surface area contributed by atoms with E-state index in [2.05, 4.69) is 75.1 Å². The first-order valence-corrected chi connectivity index (χ1v) is 11.3. The van der Waals surface area contributed by atoms with Crippen molar-refractivity contribution in [3.05, 3.63) is 71.4 Å². The monoisotopic (exact) mass is 444 g/mol. The molecule has 170 valence electrons. The third-order valence-corrected chi connectivity index (χ3v) is 6.20. The zero-order valence-electron chi connectivity index (χ0n) is 19.2. The Morgan fingerprint density at radius 3 is 1.91 bits per heavy atom. The van der Waals surface area contributed by atoms with E-state index in [-0.39, 0.29) is 6.04 Å². The second kappa shape index (κ2) is 9.25. The lowest BCUT2D eigenvalue weighted by Gasteiger charge is -2.36. The average Bonchev–Trinajstić information content (AvgIpc) is 3.51. The molecule has 1 saturated heterocycles. The van der Waals surface area contributed by atoms with Crippen molar-refractivity contribution in [3.63, 3.8) is 0 Å². The fourth-order valence-corrected chi connectivity index (χ4v) is 4.02. The summed E-state index contributed by atoms with van der Waals surface area (Å²) in [5.74, 6) is 2.57. The van der Waals surface area contributed by atoms with Crippen LogP contribution in [0.1, 0.15) is 35.9 Å². The van der Waals surface area contributed by atoms with Crippen LogP contribution in [0.15, 0.2) is 57.6 Å². The van der Waals surface area contributed by atoms with Crippen molar-refractivity contribution in [2.45, 2.75) is 33.4 Å². The summed E-state index contributed by atoms with van der Waals surface area (Å²) in [6, 6.07) is 16.4. The number of aromatic nitrogens is 4. The molecule has 4 aromatic rings. The molecule has 2 aromatic heterocycles. The maximum absolute atomic E-state index is 5.59. The van der Waals surface area contributed by atoms with Crippen LogP contribution >= 0.6 is 0 Å². The lowest BCUT2D eigenvalue weighted by atomic mass is 10.1. The van der Waals surface area contributed by atoms with E-state index in [0.29, 0.717) is 30.0 Å². The smallest absolute Gasteiger partial charge is 0.244 e. The van der Waals surface area contributed by atoms with Gasteiger partial charge in [0.1, 0.15) is 0 Å². The summed E-state index contributed by atoms with van der Waals surface area (Å²) in [5, 5.41) is 8.33. The van der Waals surface area contributed by atoms with Crippen LogP contribution in [0.3, 0.4) is 0 Å². The fraction of sp³-hybridized carbons (Fsp3) is 0.360. The van der Waals surface area contributed by atoms with Gasteiger partial charge in [0.05, 0.1) is 12.6 Å². The van der Waals surface area contributed by atoms with Gasteiger partial charge in [-0.05, 0) is 20.8 Å². The molecule has 1 fully saturated rings. The van der Waals surface area contributed by atoms with Gasteiger partial charge in [0.2, 0.25) is 23.4 Å². The van der Waals surface area contributed by atoms with Gasteiger partial charge in [-0.1, -0.05) is 70.0 Å². The van der Waals surface area contributed by atoms with Crippen molar-refractivity contribution in [2.75, 3.05) is 26.2 Å². The summed E-state index contributed by atoms with van der Waals surface area (Å²) < 4.78 is 11.1. The zero-order chi connectivity index (χ0) is 22.8. The Morgan fingerprint density at radius 1 is 0.758 bits per heavy atom. The third kappa shape index (κ3) is 4.86. The number of hydrogen-bond donors (Lipinski definition) is 0. The van der Waals surface area contributed by atoms with Crippen LogP contribution in [0.4, 0.5) is 0 Å². The zero-order valence-corrected chi connectivity index (χ0v) is 19.2. The number of rotatable bonds is 6. The summed E-state index contributed by atoms with van der Waals surface area (Å²) in [4.78, 5) is 13.9. The molecular formula is C25H28N6O2. The molecule has 33 heavy (non-hydrogen) atoms. The van der Waals surface area contributed by atoms with E-state index in [1.54, 1.807) is 0 Å². The first-order valence-electron chi connectivity index (χ1n) is 11.3. The van der Waals surface area contributed by atoms with Crippen molar-refractivity contribution >= 4 is 0 Å². The van der Waals surface area contributed by atoms with Gasteiger partial charge < -0.3 is 9.05 Å². The molecule has 8 heteroatoms. The summed E-state index contributed by atoms with van der Waals surface area (Å²) in [6.07, 6.45) is 0. The molecule has 0 N–H and O–H groups in total. The van der Waals surface area contributed by atoms with E-state index in [0.717, 1.165) is 37.3 Å². The highest BCUT2D eigenvalue weighted by Gasteiger charge is 2.27. The predicted octanol–water partition coefficient (Wildman–Crippen LogP) is 4.28. The molecule has 5 rings (SSSR count). The van der Waals surface area contributed by atoms with Gasteiger partial charge in [-0.2, -0.15) is 9.97 Å². The van der Waals surface area contributed by atoms with Crippen LogP contribution in [-0.2, 0) is 6.54 Å². The van der Waals surface area contributed by atoms with Crippen molar-refractivity contribution < 1.29 is 9.05 Å². The minimum absolute atomic E-state index is 0.0652. The van der Waals surface area contributed by atoms with Crippen LogP contribution < -0.4 is 0 Å². The number of aryl methyl sites for hydroxylation is 2. The SMILES string of the molecule is Cc1ccc(-c2noc(CN3CCN([C@H](C)c4nc(-c5ccc(C)cc5)no4)CC3)n2)cc1. The van der Waals surface area contributed by atoms with E-state index in [4.69, 9.17) is 9.05 Å². The van der Waals surface area contributed by atoms with Crippen LogP contribution in [0.25, 0.3) is 22.8 Å². The molecule has 0 radical (unpaired) electrons. The Kier molecular flexibility index (Phi) is 6.02. The van der Waals surface area contributed by atoms with Crippen LogP contribution in [-0.4, -0.2) is 56.3 Å². The maximum atomic E-state index is 5.59. The van der Waals surface area contributed by atoms with Crippen LogP contribution in [0.2, 0.25) is 0 Å². The molecule has 0 spiro atoms. The first-order chi connectivity index (χ1) is 16.0. The van der Waals surface area contributed by atoms with Crippen molar-refractivity contribution in [1.82, 2.24) is 30.1 Å². The highest BCUT2D eigenvalue weighted by molar-refractivity contribution is 5.55. The molecule has 0 aliphatic carbocycles. The number of piperazine rings is 1. The van der Waals surface area contributed by atoms with Crippen LogP contribution in [0, 0.1) is 13.8 Å². The second-order valence-corrected chi connectivity index (χ2v) is 8.69. The van der Waals surface area contributed by atoms with Gasteiger partial charge in [-0.3, -0.25) is 9.80 Å². The van der Waals surface area contributed by atoms with Gasteiger partial charge >= 0.3 is 0 Å². The standard InChI is InChI=1S/C25H28N6O2/c1-17-4-8-20(9-5-17)23-26-22(32-28-23)16-30-12-14-31(15-13-30)19(3)25-27-24(29-33-25)21-10-6-18(2)7-11-21/h4-11,19H,12-16H2,1-3H3/t19-/m1/s1. The van der Waals surface area contributed by atoms with E-state index in [9.17, 15) is 0 Å². The minimum atomic E-state index is 0.0652. The third-order valence-electron chi connectivity index (χ3n) is 6.20. The van der Waals surface area contributed by atoms with Crippen molar-refractivity contribution in [1.29, 1.82) is 0 Å². The number of benzene rings is 2. The molecule has 0 bridgehead atoms. The van der Waals surface area contributed by atoms with Crippen molar-refractivity contribution in [2.24, 2.45) is 0 Å². The molecule has 1 aliphatic rings. The Morgan fingerprint density at radius 2 is 1.30 bits per heavy atom. The fourth-order valence-electron chi connectivity index (χ4n) is 4.02. The van der Waals surface area contributed by atoms with Gasteiger partial charge in [-0.25, -0.2) is 0 Å². The highest BCUT2D eigenvalue weighted by Crippen LogP contribution is 2.24. The van der Waals surface area contributed by atoms with Crippen molar-refractivity contribution in [3.8, 4) is 22.8 Å². The van der Waals surface area contributed by atoms with Crippen LogP contribution in [0.5, 0.6) is 0 Å². The Bertz CT molecular complexity index is 1190. The van der Waals surface area contributed by atoms with Gasteiger partial charge in [0.15, 0.2) is 0 Å². The Labute approximate surface area is 193 Å². The molecular weight excluding hydrogens is 416 g/mol. The molecule has 0 unspecified atom stereocenters. The second-order valence-electron chi connectivity index (χ2n) is 8.69. The minimum Gasteiger partial charge on any atom is -0.338 e. The summed E-state index contributed by atoms with van der Waals surface area (Å²) >= 11 is 0. The summed E-state index contributed by atoms with van der Waals surface area (Å²) in [5.41, 5.74) is 4.36. The number of hydrogen-bond acceptors (Lipinski definition) is 8. The molecule has 0 saturated carbocycles. The molecule has 2 aromatic carbocycles. The lowest BCUT2D eigenvalue weighted by Crippen LogP contribution is -2.46. The normalized spacial score (nSPS) is 16.2. The Balaban J connectivity index is 1.16. The Hall–Kier alpha value is -3.36. The number of nitrogens with zero attached hydrogens (tertiary/aromatic N) is 6. The molecule has 1 aliphatic heterocycles. The van der Waals surface area contributed by atoms with Gasteiger partial charge in [-0.15, -0.1) is 0 Å². The quantitative estimate of drug-likeness (QED) is 0.436. The van der Waals surface area contributed by atoms with Gasteiger partial charge in [0, 0.05) is 37.3 Å². The van der Waals surface area contributed by atoms with E-state index >= 15 is 0 Å². The van der Waals surface area contributed by atoms with E-state index in [1.807, 2.05) is 24.3 Å². The first kappa shape index (κ1) is 21.5. The van der Waals surface area contributed by atoms with E-state index in [1.165, 1.54) is 11.1 Å². The molecule has 3 heterocycles. The lowest BCUT2D eigenvalue weighted by molar-refractivity contribution is 0.0785. The topological polar surface area (TPSA) is 84.3 Å². The average molecular weight is 445 g/mol. The summed E-state index contributed by atoms with van der Waals surface area (Å²) in [6.45, 7) is 10.5. The predicted molar refractivity (Wildman–Crippen MR) is 124 cm³/mol. The molecule has 8 nitrogen and oxygen atoms in total. The summed E-state index contributed by atoms with van der Waals surface area (Å²) in [7, 11) is 0. The maximum Gasteiger partial charge on any atom is 0.244 e. The van der Waals surface area contributed by atoms with Gasteiger partial charge in [0.25, 0.3) is 0 Å². The van der Waals surface area contributed by atoms with E-state index < -0.39 is 0 Å². The molecule has 1 atom stereocenters. The molecule has 0 amide bonds. The largest absolute Gasteiger partial charge is 0.338 e.